The first-order valence-corrected chi connectivity index (χ1v) is 3.67. The van der Waals surface area contributed by atoms with Crippen LogP contribution in [0.25, 0.3) is 0 Å². The number of amidine groups is 1. The highest BCUT2D eigenvalue weighted by Gasteiger charge is 2.06. The quantitative estimate of drug-likeness (QED) is 0.584. The van der Waals surface area contributed by atoms with E-state index < -0.39 is 0 Å². The maximum absolute atomic E-state index is 4.25. The molecule has 0 saturated heterocycles. The normalized spacial score (nSPS) is 18.0. The van der Waals surface area contributed by atoms with Crippen LogP contribution < -0.4 is 5.32 Å². The fourth-order valence-electron chi connectivity index (χ4n) is 0.854. The number of nitrogens with zero attached hydrogens (tertiary/aromatic N) is 1. The van der Waals surface area contributed by atoms with Crippen molar-refractivity contribution in [2.24, 2.45) is 10.9 Å². The molecule has 0 aromatic carbocycles. The van der Waals surface area contributed by atoms with Gasteiger partial charge in [-0.2, -0.15) is 0 Å². The van der Waals surface area contributed by atoms with Crippen LogP contribution in [-0.4, -0.2) is 12.4 Å². The highest BCUT2D eigenvalue weighted by molar-refractivity contribution is 5.85. The van der Waals surface area contributed by atoms with Gasteiger partial charge in [0.25, 0.3) is 0 Å². The van der Waals surface area contributed by atoms with Crippen LogP contribution in [0.15, 0.2) is 16.8 Å². The van der Waals surface area contributed by atoms with Crippen molar-refractivity contribution in [3.05, 3.63) is 11.8 Å². The van der Waals surface area contributed by atoms with Crippen LogP contribution in [0, 0.1) is 5.92 Å². The smallest absolute Gasteiger partial charge is 0.104 e. The van der Waals surface area contributed by atoms with Crippen molar-refractivity contribution < 1.29 is 0 Å². The highest BCUT2D eigenvalue weighted by atomic mass is 15.0. The highest BCUT2D eigenvalue weighted by Crippen LogP contribution is 2.02. The van der Waals surface area contributed by atoms with E-state index in [1.54, 1.807) is 0 Å². The molecule has 1 aliphatic heterocycles. The van der Waals surface area contributed by atoms with Crippen LogP contribution in [0.3, 0.4) is 0 Å². The van der Waals surface area contributed by atoms with Gasteiger partial charge in [-0.3, -0.25) is 0 Å². The Morgan fingerprint density at radius 2 is 2.30 bits per heavy atom. The molecule has 0 saturated carbocycles. The lowest BCUT2D eigenvalue weighted by atomic mass is 10.1. The Bertz CT molecular complexity index is 178. The SMILES string of the molecule is CC1=CN=C(C(C)C)NC1. The summed E-state index contributed by atoms with van der Waals surface area (Å²) >= 11 is 0. The molecule has 56 valence electrons. The molecule has 2 heteroatoms. The Morgan fingerprint density at radius 3 is 2.70 bits per heavy atom. The predicted octanol–water partition coefficient (Wildman–Crippen LogP) is 1.55. The van der Waals surface area contributed by atoms with Gasteiger partial charge >= 0.3 is 0 Å². The molecule has 0 aromatic heterocycles. The van der Waals surface area contributed by atoms with Crippen LogP contribution in [0.2, 0.25) is 0 Å². The van der Waals surface area contributed by atoms with E-state index in [1.165, 1.54) is 5.57 Å². The molecule has 1 heterocycles. The molecule has 0 amide bonds. The van der Waals surface area contributed by atoms with Crippen molar-refractivity contribution in [3.63, 3.8) is 0 Å². The van der Waals surface area contributed by atoms with Crippen molar-refractivity contribution in [2.75, 3.05) is 6.54 Å². The van der Waals surface area contributed by atoms with Crippen molar-refractivity contribution in [2.45, 2.75) is 20.8 Å². The number of hydrogen-bond acceptors (Lipinski definition) is 2. The van der Waals surface area contributed by atoms with Gasteiger partial charge in [-0.05, 0) is 12.5 Å². The lowest BCUT2D eigenvalue weighted by Crippen LogP contribution is -2.31. The van der Waals surface area contributed by atoms with E-state index in [1.807, 2.05) is 6.20 Å². The number of hydrogen-bond donors (Lipinski definition) is 1. The minimum absolute atomic E-state index is 0.518. The maximum Gasteiger partial charge on any atom is 0.104 e. The Balaban J connectivity index is 2.64. The number of aliphatic imine (C=N–C) groups is 1. The molecule has 0 unspecified atom stereocenters. The van der Waals surface area contributed by atoms with E-state index >= 15 is 0 Å². The van der Waals surface area contributed by atoms with E-state index in [-0.39, 0.29) is 0 Å². The molecule has 10 heavy (non-hydrogen) atoms. The maximum atomic E-state index is 4.25. The van der Waals surface area contributed by atoms with Gasteiger partial charge < -0.3 is 5.32 Å². The second kappa shape index (κ2) is 2.86. The summed E-state index contributed by atoms with van der Waals surface area (Å²) in [5, 5.41) is 3.25. The van der Waals surface area contributed by atoms with E-state index in [0.29, 0.717) is 5.92 Å². The van der Waals surface area contributed by atoms with Gasteiger partial charge in [0, 0.05) is 18.7 Å². The zero-order valence-corrected chi connectivity index (χ0v) is 6.81. The van der Waals surface area contributed by atoms with E-state index in [0.717, 1.165) is 12.4 Å². The molecular weight excluding hydrogens is 124 g/mol. The first-order chi connectivity index (χ1) is 4.70. The molecule has 1 aliphatic rings. The minimum Gasteiger partial charge on any atom is -0.370 e. The summed E-state index contributed by atoms with van der Waals surface area (Å²) in [6.45, 7) is 7.31. The van der Waals surface area contributed by atoms with Gasteiger partial charge in [0.1, 0.15) is 5.84 Å². The lowest BCUT2D eigenvalue weighted by molar-refractivity contribution is 0.798. The third kappa shape index (κ3) is 1.59. The third-order valence-electron chi connectivity index (χ3n) is 1.52. The summed E-state index contributed by atoms with van der Waals surface area (Å²) < 4.78 is 0. The Labute approximate surface area is 62.0 Å². The zero-order valence-electron chi connectivity index (χ0n) is 6.81. The summed E-state index contributed by atoms with van der Waals surface area (Å²) in [5.41, 5.74) is 1.30. The molecule has 0 aliphatic carbocycles. The third-order valence-corrected chi connectivity index (χ3v) is 1.52. The number of nitrogens with one attached hydrogen (secondary N) is 1. The van der Waals surface area contributed by atoms with E-state index in [4.69, 9.17) is 0 Å². The molecule has 0 aromatic rings. The van der Waals surface area contributed by atoms with Gasteiger partial charge in [0.15, 0.2) is 0 Å². The molecule has 0 fully saturated rings. The molecule has 0 spiro atoms. The second-order valence-electron chi connectivity index (χ2n) is 3.00. The van der Waals surface area contributed by atoms with Crippen LogP contribution in [0.4, 0.5) is 0 Å². The Kier molecular flexibility index (Phi) is 2.10. The standard InChI is InChI=1S/C8H14N2/c1-6(2)8-9-4-7(3)5-10-8/h4,6H,5H2,1-3H3,(H,9,10). The average molecular weight is 138 g/mol. The van der Waals surface area contributed by atoms with Crippen molar-refractivity contribution in [3.8, 4) is 0 Å². The summed E-state index contributed by atoms with van der Waals surface area (Å²) in [4.78, 5) is 4.25. The number of rotatable bonds is 1. The van der Waals surface area contributed by atoms with Gasteiger partial charge in [0.2, 0.25) is 0 Å². The zero-order chi connectivity index (χ0) is 7.56. The van der Waals surface area contributed by atoms with Gasteiger partial charge in [-0.1, -0.05) is 13.8 Å². The Hall–Kier alpha value is -0.790. The fourth-order valence-corrected chi connectivity index (χ4v) is 0.854. The summed E-state index contributed by atoms with van der Waals surface area (Å²) in [6.07, 6.45) is 1.94. The lowest BCUT2D eigenvalue weighted by Gasteiger charge is -2.15. The monoisotopic (exact) mass is 138 g/mol. The van der Waals surface area contributed by atoms with Gasteiger partial charge in [0.05, 0.1) is 0 Å². The summed E-state index contributed by atoms with van der Waals surface area (Å²) in [5.74, 6) is 1.62. The van der Waals surface area contributed by atoms with Crippen molar-refractivity contribution >= 4 is 5.84 Å². The largest absolute Gasteiger partial charge is 0.370 e. The molecule has 0 radical (unpaired) electrons. The minimum atomic E-state index is 0.518. The molecule has 0 atom stereocenters. The fraction of sp³-hybridized carbons (Fsp3) is 0.625. The second-order valence-corrected chi connectivity index (χ2v) is 3.00. The molecule has 1 N–H and O–H groups in total. The molecule has 1 rings (SSSR count). The topological polar surface area (TPSA) is 24.4 Å². The molecular formula is C8H14N2. The van der Waals surface area contributed by atoms with Crippen LogP contribution in [-0.2, 0) is 0 Å². The predicted molar refractivity (Wildman–Crippen MR) is 44.0 cm³/mol. The summed E-state index contributed by atoms with van der Waals surface area (Å²) in [6, 6.07) is 0. The van der Waals surface area contributed by atoms with Crippen LogP contribution in [0.5, 0.6) is 0 Å². The molecule has 0 bridgehead atoms. The van der Waals surface area contributed by atoms with Crippen molar-refractivity contribution in [1.82, 2.24) is 5.32 Å². The van der Waals surface area contributed by atoms with Crippen molar-refractivity contribution in [1.29, 1.82) is 0 Å². The first kappa shape index (κ1) is 7.32. The average Bonchev–Trinajstić information content (AvgIpc) is 1.88. The van der Waals surface area contributed by atoms with Gasteiger partial charge in [-0.15, -0.1) is 0 Å². The van der Waals surface area contributed by atoms with Gasteiger partial charge in [-0.25, -0.2) is 4.99 Å². The van der Waals surface area contributed by atoms with E-state index in [9.17, 15) is 0 Å². The Morgan fingerprint density at radius 1 is 1.60 bits per heavy atom. The van der Waals surface area contributed by atoms with Crippen LogP contribution in [0.1, 0.15) is 20.8 Å². The van der Waals surface area contributed by atoms with Crippen LogP contribution >= 0.6 is 0 Å². The molecule has 2 nitrogen and oxygen atoms in total. The summed E-state index contributed by atoms with van der Waals surface area (Å²) in [7, 11) is 0. The first-order valence-electron chi connectivity index (χ1n) is 3.67. The van der Waals surface area contributed by atoms with E-state index in [2.05, 4.69) is 31.1 Å².